The van der Waals surface area contributed by atoms with Gasteiger partial charge in [0.2, 0.25) is 0 Å². The van der Waals surface area contributed by atoms with Gasteiger partial charge in [-0.25, -0.2) is 4.98 Å². The molecule has 0 saturated heterocycles. The minimum atomic E-state index is 0.592. The van der Waals surface area contributed by atoms with Gasteiger partial charge in [0.25, 0.3) is 5.78 Å². The molecule has 5 heteroatoms. The topological polar surface area (TPSA) is 69.1 Å². The number of rotatable bonds is 1. The second-order valence-corrected chi connectivity index (χ2v) is 3.44. The summed E-state index contributed by atoms with van der Waals surface area (Å²) in [6.45, 7) is 0. The maximum Gasteiger partial charge on any atom is 0.255 e. The quantitative estimate of drug-likeness (QED) is 0.617. The van der Waals surface area contributed by atoms with E-state index >= 15 is 0 Å². The minimum absolute atomic E-state index is 0.592. The average molecular weight is 211 g/mol. The van der Waals surface area contributed by atoms with E-state index in [9.17, 15) is 0 Å². The summed E-state index contributed by atoms with van der Waals surface area (Å²) in [5.74, 6) is 1.36. The number of nitrogens with zero attached hydrogens (tertiary/aromatic N) is 4. The Morgan fingerprint density at radius 2 is 1.88 bits per heavy atom. The van der Waals surface area contributed by atoms with Crippen molar-refractivity contribution in [2.45, 2.75) is 0 Å². The van der Waals surface area contributed by atoms with Crippen molar-refractivity contribution in [2.75, 3.05) is 5.73 Å². The molecule has 3 rings (SSSR count). The molecule has 0 bridgehead atoms. The molecule has 16 heavy (non-hydrogen) atoms. The highest BCUT2D eigenvalue weighted by Gasteiger charge is 2.07. The zero-order chi connectivity index (χ0) is 11.0. The zero-order valence-electron chi connectivity index (χ0n) is 8.41. The minimum Gasteiger partial charge on any atom is -0.399 e. The summed E-state index contributed by atoms with van der Waals surface area (Å²) in [4.78, 5) is 4.11. The van der Waals surface area contributed by atoms with E-state index in [1.54, 1.807) is 6.20 Å². The Morgan fingerprint density at radius 1 is 1.06 bits per heavy atom. The lowest BCUT2D eigenvalue weighted by molar-refractivity contribution is 1.10. The normalized spacial score (nSPS) is 10.8. The Bertz CT molecular complexity index is 626. The van der Waals surface area contributed by atoms with Crippen LogP contribution in [0.1, 0.15) is 0 Å². The molecule has 2 aromatic heterocycles. The van der Waals surface area contributed by atoms with Crippen LogP contribution >= 0.6 is 0 Å². The van der Waals surface area contributed by atoms with Gasteiger partial charge >= 0.3 is 0 Å². The van der Waals surface area contributed by atoms with Crippen molar-refractivity contribution in [3.05, 3.63) is 42.7 Å². The van der Waals surface area contributed by atoms with E-state index < -0.39 is 0 Å². The van der Waals surface area contributed by atoms with Crippen molar-refractivity contribution in [1.29, 1.82) is 0 Å². The molecule has 0 unspecified atom stereocenters. The maximum absolute atomic E-state index is 5.64. The fourth-order valence-corrected chi connectivity index (χ4v) is 1.57. The van der Waals surface area contributed by atoms with Gasteiger partial charge in [-0.1, -0.05) is 0 Å². The van der Waals surface area contributed by atoms with Gasteiger partial charge in [-0.3, -0.25) is 4.40 Å². The van der Waals surface area contributed by atoms with E-state index in [2.05, 4.69) is 15.2 Å². The van der Waals surface area contributed by atoms with Crippen molar-refractivity contribution >= 4 is 11.5 Å². The van der Waals surface area contributed by atoms with Gasteiger partial charge in [0, 0.05) is 23.6 Å². The summed E-state index contributed by atoms with van der Waals surface area (Å²) in [6.07, 6.45) is 3.57. The highest BCUT2D eigenvalue weighted by Crippen LogP contribution is 2.18. The summed E-state index contributed by atoms with van der Waals surface area (Å²) in [6, 6.07) is 9.36. The van der Waals surface area contributed by atoms with Gasteiger partial charge in [-0.15, -0.1) is 10.2 Å². The van der Waals surface area contributed by atoms with E-state index in [1.807, 2.05) is 40.9 Å². The third kappa shape index (κ3) is 1.30. The molecule has 0 saturated carbocycles. The number of hydrogen-bond acceptors (Lipinski definition) is 4. The Kier molecular flexibility index (Phi) is 1.83. The molecule has 1 aromatic carbocycles. The monoisotopic (exact) mass is 211 g/mol. The SMILES string of the molecule is Nc1ccc(-c2nnc3ncccn23)cc1. The maximum atomic E-state index is 5.64. The average Bonchev–Trinajstić information content (AvgIpc) is 2.74. The molecule has 2 heterocycles. The molecular weight excluding hydrogens is 202 g/mol. The number of anilines is 1. The first-order valence-electron chi connectivity index (χ1n) is 4.86. The lowest BCUT2D eigenvalue weighted by atomic mass is 10.2. The number of nitrogens with two attached hydrogens (primary N) is 1. The van der Waals surface area contributed by atoms with E-state index in [0.717, 1.165) is 17.1 Å². The number of nitrogen functional groups attached to an aromatic ring is 1. The van der Waals surface area contributed by atoms with Crippen LogP contribution in [0.2, 0.25) is 0 Å². The molecule has 0 spiro atoms. The van der Waals surface area contributed by atoms with E-state index in [4.69, 9.17) is 5.73 Å². The van der Waals surface area contributed by atoms with Crippen LogP contribution in [-0.2, 0) is 0 Å². The predicted molar refractivity (Wildman–Crippen MR) is 60.6 cm³/mol. The molecule has 0 amide bonds. The van der Waals surface area contributed by atoms with E-state index in [1.165, 1.54) is 0 Å². The second-order valence-electron chi connectivity index (χ2n) is 3.44. The molecular formula is C11H9N5. The van der Waals surface area contributed by atoms with Crippen LogP contribution in [-0.4, -0.2) is 19.6 Å². The lowest BCUT2D eigenvalue weighted by Gasteiger charge is -1.99. The van der Waals surface area contributed by atoms with Crippen LogP contribution in [0, 0.1) is 0 Å². The smallest absolute Gasteiger partial charge is 0.255 e. The fraction of sp³-hybridized carbons (Fsp3) is 0. The van der Waals surface area contributed by atoms with Crippen LogP contribution in [0.25, 0.3) is 17.2 Å². The summed E-state index contributed by atoms with van der Waals surface area (Å²) in [5.41, 5.74) is 7.34. The molecule has 0 aliphatic carbocycles. The Hall–Kier alpha value is -2.43. The molecule has 0 radical (unpaired) electrons. The number of hydrogen-bond donors (Lipinski definition) is 1. The third-order valence-corrected chi connectivity index (χ3v) is 2.36. The van der Waals surface area contributed by atoms with Gasteiger partial charge < -0.3 is 5.73 Å². The molecule has 0 fully saturated rings. The van der Waals surface area contributed by atoms with Crippen molar-refractivity contribution in [1.82, 2.24) is 19.6 Å². The molecule has 0 atom stereocenters. The summed E-state index contributed by atoms with van der Waals surface area (Å²) in [5, 5.41) is 8.09. The Balaban J connectivity index is 2.22. The van der Waals surface area contributed by atoms with Crippen LogP contribution in [0.15, 0.2) is 42.7 Å². The summed E-state index contributed by atoms with van der Waals surface area (Å²) >= 11 is 0. The van der Waals surface area contributed by atoms with Crippen molar-refractivity contribution < 1.29 is 0 Å². The molecule has 5 nitrogen and oxygen atoms in total. The third-order valence-electron chi connectivity index (χ3n) is 2.36. The van der Waals surface area contributed by atoms with Gasteiger partial charge in [0.15, 0.2) is 5.82 Å². The van der Waals surface area contributed by atoms with E-state index in [-0.39, 0.29) is 0 Å². The van der Waals surface area contributed by atoms with Crippen LogP contribution < -0.4 is 5.73 Å². The highest BCUT2D eigenvalue weighted by molar-refractivity contribution is 5.60. The molecule has 0 aliphatic rings. The largest absolute Gasteiger partial charge is 0.399 e. The van der Waals surface area contributed by atoms with Gasteiger partial charge in [-0.2, -0.15) is 0 Å². The Morgan fingerprint density at radius 3 is 2.69 bits per heavy atom. The van der Waals surface area contributed by atoms with E-state index in [0.29, 0.717) is 5.78 Å². The molecule has 2 N–H and O–H groups in total. The lowest BCUT2D eigenvalue weighted by Crippen LogP contribution is -1.90. The van der Waals surface area contributed by atoms with Gasteiger partial charge in [-0.05, 0) is 30.3 Å². The van der Waals surface area contributed by atoms with Crippen LogP contribution in [0.5, 0.6) is 0 Å². The summed E-state index contributed by atoms with van der Waals surface area (Å²) in [7, 11) is 0. The first-order chi connectivity index (χ1) is 7.84. The van der Waals surface area contributed by atoms with Crippen molar-refractivity contribution in [2.24, 2.45) is 0 Å². The van der Waals surface area contributed by atoms with Crippen molar-refractivity contribution in [3.63, 3.8) is 0 Å². The fourth-order valence-electron chi connectivity index (χ4n) is 1.57. The van der Waals surface area contributed by atoms with Crippen LogP contribution in [0.3, 0.4) is 0 Å². The summed E-state index contributed by atoms with van der Waals surface area (Å²) < 4.78 is 1.84. The first kappa shape index (κ1) is 8.84. The highest BCUT2D eigenvalue weighted by atomic mass is 15.3. The molecule has 0 aliphatic heterocycles. The standard InChI is InChI=1S/C11H9N5/c12-9-4-2-8(3-5-9)10-14-15-11-13-6-1-7-16(10)11/h1-7H,12H2. The van der Waals surface area contributed by atoms with Crippen LogP contribution in [0.4, 0.5) is 5.69 Å². The molecule has 78 valence electrons. The van der Waals surface area contributed by atoms with Crippen molar-refractivity contribution in [3.8, 4) is 11.4 Å². The first-order valence-corrected chi connectivity index (χ1v) is 4.86. The second kappa shape index (κ2) is 3.30. The van der Waals surface area contributed by atoms with Gasteiger partial charge in [0.05, 0.1) is 0 Å². The number of benzene rings is 1. The zero-order valence-corrected chi connectivity index (χ0v) is 8.41. The molecule has 3 aromatic rings. The number of fused-ring (bicyclic) bond motifs is 1. The predicted octanol–water partition coefficient (Wildman–Crippen LogP) is 1.37. The Labute approximate surface area is 91.6 Å². The number of aromatic nitrogens is 4. The van der Waals surface area contributed by atoms with Gasteiger partial charge in [0.1, 0.15) is 0 Å².